The maximum atomic E-state index is 11.3. The summed E-state index contributed by atoms with van der Waals surface area (Å²) in [6, 6.07) is 0. The van der Waals surface area contributed by atoms with Crippen molar-refractivity contribution in [3.8, 4) is 0 Å². The van der Waals surface area contributed by atoms with Gasteiger partial charge >= 0.3 is 0 Å². The van der Waals surface area contributed by atoms with Crippen molar-refractivity contribution < 1.29 is 8.42 Å². The van der Waals surface area contributed by atoms with E-state index in [1.807, 2.05) is 0 Å². The molecule has 5 nitrogen and oxygen atoms in total. The molecule has 0 aliphatic heterocycles. The van der Waals surface area contributed by atoms with Crippen LogP contribution in [0.5, 0.6) is 0 Å². The minimum atomic E-state index is -3.30. The molecule has 0 fully saturated rings. The van der Waals surface area contributed by atoms with Crippen LogP contribution >= 0.6 is 0 Å². The molecule has 1 rings (SSSR count). The van der Waals surface area contributed by atoms with Crippen LogP contribution in [0.4, 0.5) is 0 Å². The largest absolute Gasteiger partial charge is 0.261 e. The Bertz CT molecular complexity index is 363. The van der Waals surface area contributed by atoms with Gasteiger partial charge in [-0.25, -0.2) is 13.1 Å². The van der Waals surface area contributed by atoms with Gasteiger partial charge in [0.2, 0.25) is 10.0 Å². The molecule has 0 saturated heterocycles. The van der Waals surface area contributed by atoms with Gasteiger partial charge in [0, 0.05) is 18.6 Å². The van der Waals surface area contributed by atoms with Gasteiger partial charge in [-0.05, 0) is 14.0 Å². The van der Waals surface area contributed by atoms with E-state index in [1.54, 1.807) is 6.92 Å². The summed E-state index contributed by atoms with van der Waals surface area (Å²) < 4.78 is 24.9. The number of hydrogen-bond acceptors (Lipinski definition) is 4. The molecule has 1 N–H and O–H groups in total. The highest BCUT2D eigenvalue weighted by Crippen LogP contribution is 2.16. The van der Waals surface area contributed by atoms with E-state index in [9.17, 15) is 8.42 Å². The van der Waals surface area contributed by atoms with Gasteiger partial charge in [0.15, 0.2) is 0 Å². The van der Waals surface area contributed by atoms with Gasteiger partial charge in [-0.2, -0.15) is 0 Å². The molecule has 0 aliphatic rings. The molecule has 1 aromatic rings. The van der Waals surface area contributed by atoms with Gasteiger partial charge in [0.05, 0.1) is 5.69 Å². The maximum absolute atomic E-state index is 11.3. The Labute approximate surface area is 77.3 Å². The highest BCUT2D eigenvalue weighted by molar-refractivity contribution is 7.89. The highest BCUT2D eigenvalue weighted by atomic mass is 32.2. The van der Waals surface area contributed by atoms with Gasteiger partial charge in [-0.1, -0.05) is 0 Å². The number of nitrogens with one attached hydrogen (secondary N) is 1. The second-order valence-corrected chi connectivity index (χ2v) is 4.73. The maximum Gasteiger partial charge on any atom is 0.219 e. The standard InChI is InChI=1S/C7H11N3O2S/c1-6(13(11,12)8-2)7-5-9-3-4-10-7/h3-6,8H,1-2H3/t6-/m1/s1. The van der Waals surface area contributed by atoms with Gasteiger partial charge in [-0.3, -0.25) is 9.97 Å². The quantitative estimate of drug-likeness (QED) is 0.752. The number of rotatable bonds is 3. The van der Waals surface area contributed by atoms with Crippen LogP contribution < -0.4 is 4.72 Å². The SMILES string of the molecule is CNS(=O)(=O)[C@H](C)c1cnccn1. The molecule has 0 aliphatic carbocycles. The van der Waals surface area contributed by atoms with Crippen LogP contribution in [0, 0.1) is 0 Å². The van der Waals surface area contributed by atoms with Crippen molar-refractivity contribution in [2.45, 2.75) is 12.2 Å². The lowest BCUT2D eigenvalue weighted by Crippen LogP contribution is -2.24. The van der Waals surface area contributed by atoms with Crippen LogP contribution in [-0.2, 0) is 10.0 Å². The zero-order valence-electron chi connectivity index (χ0n) is 7.43. The molecule has 0 unspecified atom stereocenters. The Morgan fingerprint density at radius 3 is 2.62 bits per heavy atom. The topological polar surface area (TPSA) is 72.0 Å². The second kappa shape index (κ2) is 3.80. The third-order valence-corrected chi connectivity index (χ3v) is 3.49. The van der Waals surface area contributed by atoms with E-state index in [1.165, 1.54) is 25.6 Å². The van der Waals surface area contributed by atoms with Gasteiger partial charge in [0.25, 0.3) is 0 Å². The molecule has 72 valence electrons. The van der Waals surface area contributed by atoms with Crippen LogP contribution in [0.15, 0.2) is 18.6 Å². The zero-order valence-corrected chi connectivity index (χ0v) is 8.25. The normalized spacial score (nSPS) is 14.0. The fourth-order valence-corrected chi connectivity index (χ4v) is 1.65. The van der Waals surface area contributed by atoms with Gasteiger partial charge in [-0.15, -0.1) is 0 Å². The lowest BCUT2D eigenvalue weighted by atomic mass is 10.3. The lowest BCUT2D eigenvalue weighted by Gasteiger charge is -2.09. The lowest BCUT2D eigenvalue weighted by molar-refractivity contribution is 0.576. The molecule has 0 spiro atoms. The molecule has 0 aromatic carbocycles. The monoisotopic (exact) mass is 201 g/mol. The van der Waals surface area contributed by atoms with E-state index in [-0.39, 0.29) is 0 Å². The van der Waals surface area contributed by atoms with Crippen molar-refractivity contribution in [2.24, 2.45) is 0 Å². The van der Waals surface area contributed by atoms with Crippen LogP contribution in [0.2, 0.25) is 0 Å². The van der Waals surface area contributed by atoms with Crippen molar-refractivity contribution in [3.05, 3.63) is 24.3 Å². The van der Waals surface area contributed by atoms with E-state index in [0.29, 0.717) is 5.69 Å². The Morgan fingerprint density at radius 2 is 2.15 bits per heavy atom. The third-order valence-electron chi connectivity index (χ3n) is 1.75. The summed E-state index contributed by atoms with van der Waals surface area (Å²) in [4.78, 5) is 7.71. The average Bonchev–Trinajstić information content (AvgIpc) is 2.18. The van der Waals surface area contributed by atoms with Crippen molar-refractivity contribution in [2.75, 3.05) is 7.05 Å². The molecule has 6 heteroatoms. The molecule has 0 saturated carbocycles. The van der Waals surface area contributed by atoms with Gasteiger partial charge < -0.3 is 0 Å². The number of aromatic nitrogens is 2. The molecule has 0 radical (unpaired) electrons. The molecule has 0 amide bonds. The average molecular weight is 201 g/mol. The molecule has 1 aromatic heterocycles. The Morgan fingerprint density at radius 1 is 1.46 bits per heavy atom. The molecular weight excluding hydrogens is 190 g/mol. The van der Waals surface area contributed by atoms with Crippen molar-refractivity contribution in [3.63, 3.8) is 0 Å². The summed E-state index contributed by atoms with van der Waals surface area (Å²) in [5.74, 6) is 0. The first-order valence-electron chi connectivity index (χ1n) is 3.76. The number of nitrogens with zero attached hydrogens (tertiary/aromatic N) is 2. The molecular formula is C7H11N3O2S. The molecule has 1 atom stereocenters. The predicted molar refractivity (Wildman–Crippen MR) is 48.4 cm³/mol. The summed E-state index contributed by atoms with van der Waals surface area (Å²) in [6.07, 6.45) is 4.42. The number of hydrogen-bond donors (Lipinski definition) is 1. The first-order chi connectivity index (χ1) is 6.08. The fraction of sp³-hybridized carbons (Fsp3) is 0.429. The molecule has 13 heavy (non-hydrogen) atoms. The minimum absolute atomic E-state index is 0.442. The predicted octanol–water partition coefficient (Wildman–Crippen LogP) is 0.0868. The first kappa shape index (κ1) is 10.1. The molecule has 1 heterocycles. The van der Waals surface area contributed by atoms with E-state index in [0.717, 1.165) is 0 Å². The van der Waals surface area contributed by atoms with E-state index >= 15 is 0 Å². The second-order valence-electron chi connectivity index (χ2n) is 2.52. The minimum Gasteiger partial charge on any atom is -0.261 e. The summed E-state index contributed by atoms with van der Waals surface area (Å²) in [5.41, 5.74) is 0.442. The van der Waals surface area contributed by atoms with E-state index < -0.39 is 15.3 Å². The van der Waals surface area contributed by atoms with Crippen molar-refractivity contribution in [1.82, 2.24) is 14.7 Å². The van der Waals surface area contributed by atoms with Crippen LogP contribution in [0.3, 0.4) is 0 Å². The summed E-state index contributed by atoms with van der Waals surface area (Å²) in [6.45, 7) is 1.57. The van der Waals surface area contributed by atoms with Crippen LogP contribution in [0.25, 0.3) is 0 Å². The van der Waals surface area contributed by atoms with E-state index in [2.05, 4.69) is 14.7 Å². The van der Waals surface area contributed by atoms with Crippen molar-refractivity contribution >= 4 is 10.0 Å². The molecule has 0 bridgehead atoms. The first-order valence-corrected chi connectivity index (χ1v) is 5.31. The van der Waals surface area contributed by atoms with Gasteiger partial charge in [0.1, 0.15) is 5.25 Å². The van der Waals surface area contributed by atoms with E-state index in [4.69, 9.17) is 0 Å². The Balaban J connectivity index is 2.99. The van der Waals surface area contributed by atoms with Crippen LogP contribution in [0.1, 0.15) is 17.9 Å². The Hall–Kier alpha value is -1.01. The van der Waals surface area contributed by atoms with Crippen LogP contribution in [-0.4, -0.2) is 25.4 Å². The van der Waals surface area contributed by atoms with Crippen molar-refractivity contribution in [1.29, 1.82) is 0 Å². The highest BCUT2D eigenvalue weighted by Gasteiger charge is 2.21. The third kappa shape index (κ3) is 2.22. The Kier molecular flexibility index (Phi) is 2.94. The fourth-order valence-electron chi connectivity index (χ4n) is 0.856. The summed E-state index contributed by atoms with van der Waals surface area (Å²) >= 11 is 0. The number of sulfonamides is 1. The summed E-state index contributed by atoms with van der Waals surface area (Å²) in [5, 5.41) is -0.675. The zero-order chi connectivity index (χ0) is 9.90. The smallest absolute Gasteiger partial charge is 0.219 e. The summed E-state index contributed by atoms with van der Waals surface area (Å²) in [7, 11) is -1.93.